The van der Waals surface area contributed by atoms with E-state index >= 15 is 0 Å². The van der Waals surface area contributed by atoms with Crippen molar-refractivity contribution in [3.8, 4) is 0 Å². The van der Waals surface area contributed by atoms with E-state index in [2.05, 4.69) is 0 Å². The van der Waals surface area contributed by atoms with Crippen molar-refractivity contribution in [2.45, 2.75) is 45.4 Å². The second kappa shape index (κ2) is 4.42. The third kappa shape index (κ3) is 2.44. The van der Waals surface area contributed by atoms with E-state index in [1.165, 1.54) is 6.07 Å². The summed E-state index contributed by atoms with van der Waals surface area (Å²) in [5.41, 5.74) is -1.40. The lowest BCUT2D eigenvalue weighted by atomic mass is 9.80. The highest BCUT2D eigenvalue weighted by atomic mass is 19.3. The van der Waals surface area contributed by atoms with E-state index in [-0.39, 0.29) is 0 Å². The van der Waals surface area contributed by atoms with Crippen LogP contribution in [0.5, 0.6) is 0 Å². The molecule has 1 aromatic rings. The summed E-state index contributed by atoms with van der Waals surface area (Å²) >= 11 is 0. The molecule has 0 atom stereocenters. The van der Waals surface area contributed by atoms with Crippen LogP contribution in [0.25, 0.3) is 0 Å². The van der Waals surface area contributed by atoms with Gasteiger partial charge < -0.3 is 9.31 Å². The van der Waals surface area contributed by atoms with Crippen molar-refractivity contribution in [2.75, 3.05) is 0 Å². The van der Waals surface area contributed by atoms with Gasteiger partial charge in [0.05, 0.1) is 11.2 Å². The molecule has 7 heteroatoms. The summed E-state index contributed by atoms with van der Waals surface area (Å²) in [6, 6.07) is 2.53. The summed E-state index contributed by atoms with van der Waals surface area (Å²) in [6.45, 7) is 4.68. The van der Waals surface area contributed by atoms with Gasteiger partial charge in [0.25, 0.3) is 5.56 Å². The topological polar surface area (TPSA) is 40.5 Å². The van der Waals surface area contributed by atoms with Gasteiger partial charge in [-0.15, -0.1) is 0 Å². The monoisotopic (exact) mass is 271 g/mol. The van der Waals surface area contributed by atoms with Gasteiger partial charge in [0.1, 0.15) is 0 Å². The molecule has 0 unspecified atom stereocenters. The van der Waals surface area contributed by atoms with E-state index in [9.17, 15) is 13.6 Å². The Kier molecular flexibility index (Phi) is 3.30. The first-order valence-electron chi connectivity index (χ1n) is 6.00. The average Bonchev–Trinajstić information content (AvgIpc) is 2.47. The van der Waals surface area contributed by atoms with Crippen LogP contribution >= 0.6 is 0 Å². The number of hydrogen-bond donors (Lipinski definition) is 0. The standard InChI is InChI=1S/C12H16BF2NO3/c1-11(2)12(3,4)19-13(18-11)8-5-6-16(10(14)15)9(17)7-8/h5-7,10H,1-4H3. The number of halogens is 2. The van der Waals surface area contributed by atoms with Crippen LogP contribution in [-0.2, 0) is 9.31 Å². The van der Waals surface area contributed by atoms with Crippen LogP contribution < -0.4 is 11.0 Å². The maximum atomic E-state index is 12.5. The molecule has 1 aliphatic heterocycles. The highest BCUT2D eigenvalue weighted by molar-refractivity contribution is 6.62. The van der Waals surface area contributed by atoms with E-state index < -0.39 is 30.4 Å². The van der Waals surface area contributed by atoms with Gasteiger partial charge in [-0.3, -0.25) is 9.36 Å². The van der Waals surface area contributed by atoms with Gasteiger partial charge in [-0.05, 0) is 39.2 Å². The summed E-state index contributed by atoms with van der Waals surface area (Å²) in [6.07, 6.45) is 1.05. The van der Waals surface area contributed by atoms with Crippen LogP contribution in [0.3, 0.4) is 0 Å². The third-order valence-electron chi connectivity index (χ3n) is 3.71. The molecule has 2 rings (SSSR count). The van der Waals surface area contributed by atoms with Crippen molar-refractivity contribution in [1.82, 2.24) is 4.57 Å². The molecular weight excluding hydrogens is 255 g/mol. The molecule has 2 heterocycles. The quantitative estimate of drug-likeness (QED) is 0.766. The minimum Gasteiger partial charge on any atom is -0.399 e. The Balaban J connectivity index is 2.31. The lowest BCUT2D eigenvalue weighted by molar-refractivity contribution is 0.00578. The molecule has 1 aliphatic rings. The van der Waals surface area contributed by atoms with Gasteiger partial charge in [-0.1, -0.05) is 0 Å². The van der Waals surface area contributed by atoms with Crippen molar-refractivity contribution in [3.63, 3.8) is 0 Å². The fraction of sp³-hybridized carbons (Fsp3) is 0.583. The summed E-state index contributed by atoms with van der Waals surface area (Å²) < 4.78 is 36.8. The normalized spacial score (nSPS) is 21.1. The van der Waals surface area contributed by atoms with Gasteiger partial charge in [0.15, 0.2) is 0 Å². The molecule has 19 heavy (non-hydrogen) atoms. The van der Waals surface area contributed by atoms with Gasteiger partial charge in [-0.25, -0.2) is 0 Å². The first-order chi connectivity index (χ1) is 8.64. The molecule has 0 saturated carbocycles. The molecule has 0 aliphatic carbocycles. The van der Waals surface area contributed by atoms with E-state index in [0.29, 0.717) is 10.0 Å². The molecule has 0 radical (unpaired) electrons. The van der Waals surface area contributed by atoms with Crippen molar-refractivity contribution in [3.05, 3.63) is 28.7 Å². The number of pyridine rings is 1. The van der Waals surface area contributed by atoms with Gasteiger partial charge >= 0.3 is 13.7 Å². The van der Waals surface area contributed by atoms with Crippen molar-refractivity contribution in [2.24, 2.45) is 0 Å². The van der Waals surface area contributed by atoms with E-state index in [0.717, 1.165) is 12.3 Å². The molecule has 1 fully saturated rings. The van der Waals surface area contributed by atoms with Crippen LogP contribution in [0.15, 0.2) is 23.1 Å². The van der Waals surface area contributed by atoms with Crippen LogP contribution in [-0.4, -0.2) is 22.9 Å². The van der Waals surface area contributed by atoms with Crippen molar-refractivity contribution in [1.29, 1.82) is 0 Å². The van der Waals surface area contributed by atoms with Crippen molar-refractivity contribution >= 4 is 12.6 Å². The maximum absolute atomic E-state index is 12.5. The summed E-state index contributed by atoms with van der Waals surface area (Å²) in [7, 11) is -0.718. The molecule has 0 aromatic carbocycles. The number of hydrogen-bond acceptors (Lipinski definition) is 3. The Morgan fingerprint density at radius 1 is 1.21 bits per heavy atom. The largest absolute Gasteiger partial charge is 0.495 e. The summed E-state index contributed by atoms with van der Waals surface area (Å²) in [5.74, 6) is 0. The molecule has 4 nitrogen and oxygen atoms in total. The number of rotatable bonds is 2. The van der Waals surface area contributed by atoms with E-state index in [4.69, 9.17) is 9.31 Å². The number of alkyl halides is 2. The third-order valence-corrected chi connectivity index (χ3v) is 3.71. The van der Waals surface area contributed by atoms with Gasteiger partial charge in [0, 0.05) is 12.3 Å². The first kappa shape index (κ1) is 14.2. The molecule has 1 saturated heterocycles. The molecular formula is C12H16BF2NO3. The molecule has 0 N–H and O–H groups in total. The van der Waals surface area contributed by atoms with E-state index in [1.807, 2.05) is 27.7 Å². The molecule has 0 bridgehead atoms. The summed E-state index contributed by atoms with van der Waals surface area (Å²) in [4.78, 5) is 11.5. The second-order valence-electron chi connectivity index (χ2n) is 5.57. The zero-order chi connectivity index (χ0) is 14.4. The van der Waals surface area contributed by atoms with Crippen LogP contribution in [0, 0.1) is 0 Å². The zero-order valence-electron chi connectivity index (χ0n) is 11.3. The molecule has 104 valence electrons. The second-order valence-corrected chi connectivity index (χ2v) is 5.57. The smallest absolute Gasteiger partial charge is 0.399 e. The lowest BCUT2D eigenvalue weighted by Crippen LogP contribution is -2.41. The Labute approximate surface area is 110 Å². The number of aromatic nitrogens is 1. The minimum absolute atomic E-state index is 0.356. The number of nitrogens with zero attached hydrogens (tertiary/aromatic N) is 1. The molecule has 1 aromatic heterocycles. The average molecular weight is 271 g/mol. The van der Waals surface area contributed by atoms with Crippen molar-refractivity contribution < 1.29 is 18.1 Å². The summed E-state index contributed by atoms with van der Waals surface area (Å²) in [5, 5.41) is 0. The van der Waals surface area contributed by atoms with E-state index in [1.54, 1.807) is 0 Å². The fourth-order valence-corrected chi connectivity index (χ4v) is 1.79. The van der Waals surface area contributed by atoms with Gasteiger partial charge in [0.2, 0.25) is 0 Å². The first-order valence-corrected chi connectivity index (χ1v) is 6.00. The molecule has 0 spiro atoms. The lowest BCUT2D eigenvalue weighted by Gasteiger charge is -2.32. The maximum Gasteiger partial charge on any atom is 0.495 e. The highest BCUT2D eigenvalue weighted by Crippen LogP contribution is 2.36. The Morgan fingerprint density at radius 2 is 1.74 bits per heavy atom. The van der Waals surface area contributed by atoms with Crippen LogP contribution in [0.1, 0.15) is 34.2 Å². The zero-order valence-corrected chi connectivity index (χ0v) is 11.3. The Morgan fingerprint density at radius 3 is 2.16 bits per heavy atom. The predicted octanol–water partition coefficient (Wildman–Crippen LogP) is 1.54. The van der Waals surface area contributed by atoms with Gasteiger partial charge in [-0.2, -0.15) is 8.78 Å². The van der Waals surface area contributed by atoms with Crippen LogP contribution in [0.4, 0.5) is 8.78 Å². The highest BCUT2D eigenvalue weighted by Gasteiger charge is 2.51. The fourth-order valence-electron chi connectivity index (χ4n) is 1.79. The molecule has 0 amide bonds. The predicted molar refractivity (Wildman–Crippen MR) is 67.7 cm³/mol. The minimum atomic E-state index is -2.85. The SMILES string of the molecule is CC1(C)OB(c2ccn(C(F)F)c(=O)c2)OC1(C)C. The Hall–Kier alpha value is -1.21. The van der Waals surface area contributed by atoms with Crippen LogP contribution in [0.2, 0.25) is 0 Å². The Bertz CT molecular complexity index is 526.